The summed E-state index contributed by atoms with van der Waals surface area (Å²) in [6, 6.07) is 7.52. The molecule has 0 aliphatic carbocycles. The second kappa shape index (κ2) is 4.24. The summed E-state index contributed by atoms with van der Waals surface area (Å²) in [5, 5.41) is 8.39. The summed E-state index contributed by atoms with van der Waals surface area (Å²) < 4.78 is 12.5. The van der Waals surface area contributed by atoms with Gasteiger partial charge in [-0.25, -0.2) is 4.39 Å². The molecule has 0 saturated carbocycles. The third kappa shape index (κ3) is 2.29. The van der Waals surface area contributed by atoms with E-state index >= 15 is 0 Å². The van der Waals surface area contributed by atoms with Gasteiger partial charge in [-0.15, -0.1) is 0 Å². The number of allylic oxidation sites excluding steroid dienone is 1. The fraction of sp³-hybridized carbons (Fsp3) is 0. The molecule has 1 aromatic rings. The lowest BCUT2D eigenvalue weighted by Gasteiger charge is -2.03. The van der Waals surface area contributed by atoms with Crippen LogP contribution in [-0.4, -0.2) is 0 Å². The number of nitrogens with two attached hydrogens (primary N) is 1. The van der Waals surface area contributed by atoms with Crippen molar-refractivity contribution in [2.45, 2.75) is 0 Å². The van der Waals surface area contributed by atoms with Crippen molar-refractivity contribution in [3.05, 3.63) is 41.7 Å². The molecule has 0 radical (unpaired) electrons. The zero-order chi connectivity index (χ0) is 9.68. The number of nitrogens with zero attached hydrogens (tertiary/aromatic N) is 1. The normalized spacial score (nSPS) is 10.7. The summed E-state index contributed by atoms with van der Waals surface area (Å²) in [6.07, 6.45) is 1.26. The summed E-state index contributed by atoms with van der Waals surface area (Å²) in [7, 11) is 0. The van der Waals surface area contributed by atoms with Crippen LogP contribution in [-0.2, 0) is 0 Å². The zero-order valence-electron chi connectivity index (χ0n) is 6.79. The van der Waals surface area contributed by atoms with E-state index in [2.05, 4.69) is 5.43 Å². The smallest absolute Gasteiger partial charge is 0.123 e. The lowest BCUT2D eigenvalue weighted by Crippen LogP contribution is -2.19. The van der Waals surface area contributed by atoms with Crippen molar-refractivity contribution in [1.82, 2.24) is 5.43 Å². The lowest BCUT2D eigenvalue weighted by atomic mass is 10.1. The van der Waals surface area contributed by atoms with Crippen LogP contribution >= 0.6 is 0 Å². The summed E-state index contributed by atoms with van der Waals surface area (Å²) in [6.45, 7) is 0. The van der Waals surface area contributed by atoms with Gasteiger partial charge >= 0.3 is 0 Å². The average Bonchev–Trinajstić information content (AvgIpc) is 2.16. The van der Waals surface area contributed by atoms with Crippen molar-refractivity contribution < 1.29 is 4.39 Å². The van der Waals surface area contributed by atoms with Gasteiger partial charge in [0.05, 0.1) is 11.8 Å². The molecule has 0 amide bonds. The Labute approximate surface area is 75.3 Å². The van der Waals surface area contributed by atoms with Crippen LogP contribution in [0, 0.1) is 17.1 Å². The van der Waals surface area contributed by atoms with Gasteiger partial charge in [0.2, 0.25) is 0 Å². The molecular weight excluding hydrogens is 169 g/mol. The predicted octanol–water partition coefficient (Wildman–Crippen LogP) is 1.15. The number of nitriles is 1. The standard InChI is InChI=1S/C9H8FN3/c10-8-3-1-7(2-4-8)9(13-12)5-6-11/h1-5,13H,12H2/b9-5-. The van der Waals surface area contributed by atoms with E-state index in [1.54, 1.807) is 12.1 Å². The molecule has 13 heavy (non-hydrogen) atoms. The van der Waals surface area contributed by atoms with Crippen LogP contribution in [0.1, 0.15) is 5.56 Å². The van der Waals surface area contributed by atoms with Gasteiger partial charge in [0.15, 0.2) is 0 Å². The number of benzene rings is 1. The minimum Gasteiger partial charge on any atom is -0.323 e. The van der Waals surface area contributed by atoms with Crippen LogP contribution in [0.4, 0.5) is 4.39 Å². The van der Waals surface area contributed by atoms with Gasteiger partial charge in [0.1, 0.15) is 5.82 Å². The monoisotopic (exact) mass is 177 g/mol. The maximum Gasteiger partial charge on any atom is 0.123 e. The summed E-state index contributed by atoms with van der Waals surface area (Å²) >= 11 is 0. The highest BCUT2D eigenvalue weighted by atomic mass is 19.1. The SMILES string of the molecule is N#C/C=C(\NN)c1ccc(F)cc1. The summed E-state index contributed by atoms with van der Waals surface area (Å²) in [5.41, 5.74) is 3.49. The molecule has 3 nitrogen and oxygen atoms in total. The third-order valence-corrected chi connectivity index (χ3v) is 1.52. The van der Waals surface area contributed by atoms with E-state index in [9.17, 15) is 4.39 Å². The summed E-state index contributed by atoms with van der Waals surface area (Å²) in [4.78, 5) is 0. The Kier molecular flexibility index (Phi) is 3.01. The van der Waals surface area contributed by atoms with Crippen molar-refractivity contribution in [1.29, 1.82) is 5.26 Å². The van der Waals surface area contributed by atoms with Crippen LogP contribution in [0.25, 0.3) is 5.70 Å². The molecule has 0 aliphatic rings. The quantitative estimate of drug-likeness (QED) is 0.404. The van der Waals surface area contributed by atoms with Crippen LogP contribution in [0.5, 0.6) is 0 Å². The molecule has 0 atom stereocenters. The molecule has 4 heteroatoms. The first-order valence-electron chi connectivity index (χ1n) is 3.60. The minimum atomic E-state index is -0.322. The fourth-order valence-electron chi connectivity index (χ4n) is 0.902. The molecule has 1 rings (SSSR count). The van der Waals surface area contributed by atoms with Gasteiger partial charge in [-0.1, -0.05) is 0 Å². The molecule has 0 heterocycles. The van der Waals surface area contributed by atoms with E-state index in [0.717, 1.165) is 0 Å². The van der Waals surface area contributed by atoms with E-state index in [1.165, 1.54) is 18.2 Å². The van der Waals surface area contributed by atoms with Crippen molar-refractivity contribution in [3.8, 4) is 6.07 Å². The molecule has 0 bridgehead atoms. The molecule has 0 aliphatic heterocycles. The van der Waals surface area contributed by atoms with Gasteiger partial charge in [-0.2, -0.15) is 5.26 Å². The van der Waals surface area contributed by atoms with Crippen molar-refractivity contribution in [2.75, 3.05) is 0 Å². The van der Waals surface area contributed by atoms with Crippen LogP contribution in [0.2, 0.25) is 0 Å². The van der Waals surface area contributed by atoms with E-state index in [1.807, 2.05) is 6.07 Å². The van der Waals surface area contributed by atoms with Crippen molar-refractivity contribution in [3.63, 3.8) is 0 Å². The molecule has 0 saturated heterocycles. The van der Waals surface area contributed by atoms with Crippen LogP contribution in [0.3, 0.4) is 0 Å². The highest BCUT2D eigenvalue weighted by molar-refractivity contribution is 5.65. The third-order valence-electron chi connectivity index (χ3n) is 1.52. The first-order chi connectivity index (χ1) is 6.27. The van der Waals surface area contributed by atoms with E-state index in [4.69, 9.17) is 11.1 Å². The Hall–Kier alpha value is -1.86. The largest absolute Gasteiger partial charge is 0.323 e. The number of halogens is 1. The van der Waals surface area contributed by atoms with Crippen molar-refractivity contribution >= 4 is 5.70 Å². The fourth-order valence-corrected chi connectivity index (χ4v) is 0.902. The van der Waals surface area contributed by atoms with Gasteiger partial charge in [0, 0.05) is 6.08 Å². The van der Waals surface area contributed by atoms with Gasteiger partial charge in [0.25, 0.3) is 0 Å². The zero-order valence-corrected chi connectivity index (χ0v) is 6.79. The Morgan fingerprint density at radius 1 is 1.46 bits per heavy atom. The van der Waals surface area contributed by atoms with Crippen LogP contribution < -0.4 is 11.3 Å². The maximum atomic E-state index is 12.5. The Morgan fingerprint density at radius 2 is 2.08 bits per heavy atom. The number of hydrazine groups is 1. The second-order valence-electron chi connectivity index (χ2n) is 2.34. The molecule has 0 unspecified atom stereocenters. The first-order valence-corrected chi connectivity index (χ1v) is 3.60. The van der Waals surface area contributed by atoms with Gasteiger partial charge in [-0.05, 0) is 29.8 Å². The summed E-state index contributed by atoms with van der Waals surface area (Å²) in [5.74, 6) is 4.84. The highest BCUT2D eigenvalue weighted by Crippen LogP contribution is 2.10. The molecule has 3 N–H and O–H groups in total. The number of nitrogens with one attached hydrogen (secondary N) is 1. The highest BCUT2D eigenvalue weighted by Gasteiger charge is 1.98. The Morgan fingerprint density at radius 3 is 2.54 bits per heavy atom. The Bertz CT molecular complexity index is 348. The molecule has 1 aromatic carbocycles. The number of rotatable bonds is 2. The molecule has 0 spiro atoms. The molecule has 0 fully saturated rings. The van der Waals surface area contributed by atoms with Gasteiger partial charge < -0.3 is 5.43 Å². The average molecular weight is 177 g/mol. The maximum absolute atomic E-state index is 12.5. The number of hydrogen-bond acceptors (Lipinski definition) is 3. The predicted molar refractivity (Wildman–Crippen MR) is 47.3 cm³/mol. The van der Waals surface area contributed by atoms with E-state index in [0.29, 0.717) is 11.3 Å². The second-order valence-corrected chi connectivity index (χ2v) is 2.34. The minimum absolute atomic E-state index is 0.322. The molecule has 0 aromatic heterocycles. The van der Waals surface area contributed by atoms with E-state index < -0.39 is 0 Å². The van der Waals surface area contributed by atoms with Crippen LogP contribution in [0.15, 0.2) is 30.3 Å². The Balaban J connectivity index is 3.01. The number of hydrogen-bond donors (Lipinski definition) is 2. The molecular formula is C9H8FN3. The first kappa shape index (κ1) is 9.23. The van der Waals surface area contributed by atoms with E-state index in [-0.39, 0.29) is 5.82 Å². The van der Waals surface area contributed by atoms with Crippen molar-refractivity contribution in [2.24, 2.45) is 5.84 Å². The van der Waals surface area contributed by atoms with Gasteiger partial charge in [-0.3, -0.25) is 5.84 Å². The molecule has 66 valence electrons. The topological polar surface area (TPSA) is 61.8 Å². The lowest BCUT2D eigenvalue weighted by molar-refractivity contribution is 0.627.